The molecular formula is C14H27NO5Si. The van der Waals surface area contributed by atoms with E-state index in [4.69, 9.17) is 9.16 Å². The van der Waals surface area contributed by atoms with Gasteiger partial charge in [-0.05, 0) is 18.1 Å². The van der Waals surface area contributed by atoms with Crippen molar-refractivity contribution in [3.05, 3.63) is 12.7 Å². The molecule has 0 aliphatic heterocycles. The Morgan fingerprint density at radius 2 is 1.90 bits per heavy atom. The molecular weight excluding hydrogens is 290 g/mol. The van der Waals surface area contributed by atoms with Gasteiger partial charge < -0.3 is 19.2 Å². The van der Waals surface area contributed by atoms with E-state index in [-0.39, 0.29) is 18.3 Å². The number of hydrogen-bond donors (Lipinski definition) is 1. The SMILES string of the molecule is C=CCOC(=O)N[C@H](CO[Si](C)(C)C(C)(C)C)C(=O)OC. The first-order valence-electron chi connectivity index (χ1n) is 6.81. The third-order valence-electron chi connectivity index (χ3n) is 3.53. The second-order valence-corrected chi connectivity index (χ2v) is 11.0. The van der Waals surface area contributed by atoms with Gasteiger partial charge in [0.2, 0.25) is 0 Å². The number of rotatable bonds is 7. The minimum Gasteiger partial charge on any atom is -0.467 e. The minimum atomic E-state index is -2.02. The molecule has 122 valence electrons. The van der Waals surface area contributed by atoms with E-state index in [1.807, 2.05) is 0 Å². The molecule has 0 radical (unpaired) electrons. The zero-order chi connectivity index (χ0) is 16.7. The van der Waals surface area contributed by atoms with Crippen LogP contribution in [0.2, 0.25) is 18.1 Å². The first-order chi connectivity index (χ1) is 9.55. The van der Waals surface area contributed by atoms with Gasteiger partial charge in [-0.15, -0.1) is 0 Å². The van der Waals surface area contributed by atoms with Gasteiger partial charge in [0.25, 0.3) is 0 Å². The standard InChI is InChI=1S/C14H27NO5Si/c1-8-9-19-13(17)15-11(12(16)18-5)10-20-21(6,7)14(2,3)4/h8,11H,1,9-10H2,2-7H3,(H,15,17)/t11-/m1/s1. The first kappa shape index (κ1) is 19.7. The Morgan fingerprint density at radius 1 is 1.33 bits per heavy atom. The van der Waals surface area contributed by atoms with Crippen molar-refractivity contribution in [2.45, 2.75) is 44.9 Å². The Bertz CT molecular complexity index is 376. The maximum absolute atomic E-state index is 11.7. The molecule has 0 aromatic heterocycles. The highest BCUT2D eigenvalue weighted by molar-refractivity contribution is 6.74. The summed E-state index contributed by atoms with van der Waals surface area (Å²) in [5.74, 6) is -0.565. The third-order valence-corrected chi connectivity index (χ3v) is 8.03. The summed E-state index contributed by atoms with van der Waals surface area (Å²) >= 11 is 0. The molecule has 7 heteroatoms. The van der Waals surface area contributed by atoms with Gasteiger partial charge in [-0.2, -0.15) is 0 Å². The number of methoxy groups -OCH3 is 1. The lowest BCUT2D eigenvalue weighted by Gasteiger charge is -2.37. The molecule has 0 bridgehead atoms. The van der Waals surface area contributed by atoms with E-state index in [1.165, 1.54) is 13.2 Å². The van der Waals surface area contributed by atoms with Crippen LogP contribution in [0.25, 0.3) is 0 Å². The number of esters is 1. The number of amides is 1. The van der Waals surface area contributed by atoms with Crippen LogP contribution in [0, 0.1) is 0 Å². The first-order valence-corrected chi connectivity index (χ1v) is 9.72. The molecule has 0 aromatic rings. The van der Waals surface area contributed by atoms with Gasteiger partial charge in [-0.1, -0.05) is 33.4 Å². The lowest BCUT2D eigenvalue weighted by Crippen LogP contribution is -2.49. The van der Waals surface area contributed by atoms with E-state index in [0.717, 1.165) is 0 Å². The maximum Gasteiger partial charge on any atom is 0.408 e. The van der Waals surface area contributed by atoms with Crippen LogP contribution in [0.4, 0.5) is 4.79 Å². The zero-order valence-electron chi connectivity index (χ0n) is 13.8. The average molecular weight is 317 g/mol. The normalized spacial score (nSPS) is 13.2. The Morgan fingerprint density at radius 3 is 2.33 bits per heavy atom. The van der Waals surface area contributed by atoms with Gasteiger partial charge in [0.1, 0.15) is 6.61 Å². The maximum atomic E-state index is 11.7. The Labute approximate surface area is 128 Å². The molecule has 0 heterocycles. The summed E-state index contributed by atoms with van der Waals surface area (Å²) in [6.45, 7) is 14.0. The van der Waals surface area contributed by atoms with Crippen molar-refractivity contribution in [1.29, 1.82) is 0 Å². The second-order valence-electron chi connectivity index (χ2n) is 6.18. The van der Waals surface area contributed by atoms with Crippen LogP contribution in [0.5, 0.6) is 0 Å². The average Bonchev–Trinajstić information content (AvgIpc) is 2.38. The predicted molar refractivity (Wildman–Crippen MR) is 83.6 cm³/mol. The van der Waals surface area contributed by atoms with Crippen molar-refractivity contribution in [3.8, 4) is 0 Å². The Kier molecular flexibility index (Phi) is 7.66. The third kappa shape index (κ3) is 6.77. The van der Waals surface area contributed by atoms with E-state index in [0.29, 0.717) is 0 Å². The molecule has 0 unspecified atom stereocenters. The highest BCUT2D eigenvalue weighted by atomic mass is 28.4. The van der Waals surface area contributed by atoms with E-state index in [9.17, 15) is 9.59 Å². The Balaban J connectivity index is 4.69. The fourth-order valence-electron chi connectivity index (χ4n) is 1.14. The fourth-order valence-corrected chi connectivity index (χ4v) is 2.15. The summed E-state index contributed by atoms with van der Waals surface area (Å²) in [5, 5.41) is 2.45. The molecule has 1 N–H and O–H groups in total. The molecule has 0 aliphatic carbocycles. The fraction of sp³-hybridized carbons (Fsp3) is 0.714. The van der Waals surface area contributed by atoms with Crippen LogP contribution in [0.15, 0.2) is 12.7 Å². The zero-order valence-corrected chi connectivity index (χ0v) is 14.8. The van der Waals surface area contributed by atoms with Gasteiger partial charge in [0.15, 0.2) is 14.4 Å². The number of alkyl carbamates (subject to hydrolysis) is 1. The smallest absolute Gasteiger partial charge is 0.408 e. The van der Waals surface area contributed by atoms with Crippen molar-refractivity contribution in [3.63, 3.8) is 0 Å². The van der Waals surface area contributed by atoms with E-state index in [2.05, 4.69) is 50.5 Å². The van der Waals surface area contributed by atoms with Crippen LogP contribution in [-0.4, -0.2) is 46.7 Å². The molecule has 0 rings (SSSR count). The van der Waals surface area contributed by atoms with Gasteiger partial charge in [0, 0.05) is 0 Å². The summed E-state index contributed by atoms with van der Waals surface area (Å²) < 4.78 is 15.4. The molecule has 0 fully saturated rings. The monoisotopic (exact) mass is 317 g/mol. The predicted octanol–water partition coefficient (Wildman–Crippen LogP) is 2.46. The molecule has 1 amide bonds. The second kappa shape index (κ2) is 8.19. The highest BCUT2D eigenvalue weighted by Gasteiger charge is 2.38. The van der Waals surface area contributed by atoms with Crippen LogP contribution < -0.4 is 5.32 Å². The van der Waals surface area contributed by atoms with Crippen molar-refractivity contribution < 1.29 is 23.5 Å². The van der Waals surface area contributed by atoms with Crippen LogP contribution in [0.1, 0.15) is 20.8 Å². The van der Waals surface area contributed by atoms with Crippen molar-refractivity contribution in [2.75, 3.05) is 20.3 Å². The van der Waals surface area contributed by atoms with Crippen molar-refractivity contribution in [2.24, 2.45) is 0 Å². The van der Waals surface area contributed by atoms with Crippen molar-refractivity contribution in [1.82, 2.24) is 5.32 Å². The topological polar surface area (TPSA) is 73.9 Å². The summed E-state index contributed by atoms with van der Waals surface area (Å²) in [4.78, 5) is 23.2. The molecule has 1 atom stereocenters. The van der Waals surface area contributed by atoms with E-state index >= 15 is 0 Å². The Hall–Kier alpha value is -1.34. The lowest BCUT2D eigenvalue weighted by atomic mass is 10.2. The summed E-state index contributed by atoms with van der Waals surface area (Å²) in [6, 6.07) is -0.888. The molecule has 0 saturated carbocycles. The molecule has 0 spiro atoms. The van der Waals surface area contributed by atoms with Crippen LogP contribution >= 0.6 is 0 Å². The van der Waals surface area contributed by atoms with Crippen LogP contribution in [0.3, 0.4) is 0 Å². The van der Waals surface area contributed by atoms with E-state index < -0.39 is 26.4 Å². The quantitative estimate of drug-likeness (QED) is 0.443. The number of carbonyl (C=O) groups excluding carboxylic acids is 2. The van der Waals surface area contributed by atoms with E-state index in [1.54, 1.807) is 0 Å². The number of ether oxygens (including phenoxy) is 2. The van der Waals surface area contributed by atoms with Gasteiger partial charge in [0.05, 0.1) is 13.7 Å². The largest absolute Gasteiger partial charge is 0.467 e. The van der Waals surface area contributed by atoms with Gasteiger partial charge >= 0.3 is 12.1 Å². The molecule has 6 nitrogen and oxygen atoms in total. The summed E-state index contributed by atoms with van der Waals surface area (Å²) in [6.07, 6.45) is 0.739. The number of hydrogen-bond acceptors (Lipinski definition) is 5. The molecule has 0 aliphatic rings. The highest BCUT2D eigenvalue weighted by Crippen LogP contribution is 2.36. The lowest BCUT2D eigenvalue weighted by molar-refractivity contribution is -0.143. The molecule has 0 saturated heterocycles. The molecule has 0 aromatic carbocycles. The van der Waals surface area contributed by atoms with Gasteiger partial charge in [-0.3, -0.25) is 0 Å². The molecule has 21 heavy (non-hydrogen) atoms. The van der Waals surface area contributed by atoms with Crippen LogP contribution in [-0.2, 0) is 18.7 Å². The minimum absolute atomic E-state index is 0.0109. The number of carbonyl (C=O) groups is 2. The summed E-state index contributed by atoms with van der Waals surface area (Å²) in [7, 11) is -0.756. The van der Waals surface area contributed by atoms with Crippen molar-refractivity contribution >= 4 is 20.4 Å². The number of nitrogens with one attached hydrogen (secondary N) is 1. The summed E-state index contributed by atoms with van der Waals surface area (Å²) in [5.41, 5.74) is 0. The van der Waals surface area contributed by atoms with Gasteiger partial charge in [-0.25, -0.2) is 9.59 Å².